The molecule has 0 amide bonds. The third kappa shape index (κ3) is 5.18. The molecule has 1 saturated carbocycles. The number of anilines is 1. The zero-order valence-electron chi connectivity index (χ0n) is 20.0. The lowest BCUT2D eigenvalue weighted by molar-refractivity contribution is -0.110. The molecule has 2 aliphatic rings. The standard InChI is InChI=1S/C21H28ClN6O9P/c22-20-26-17(25-11-3-1-2-4-11)12-8-24-28(18(12)27-20)19-16(31)15(30)13(37-19)9-36-21(10-29,38(32,33)34)7-14-23-5-6-35-14/h5-6,8,11,13,15-16,19,29-31H,1-4,7,9-10H2,(H,25,26,27)(H2,32,33,34)/t13-,15-,16-,19-,21+/m1/s1. The van der Waals surface area contributed by atoms with Crippen LogP contribution in [0.4, 0.5) is 5.82 Å². The van der Waals surface area contributed by atoms with E-state index in [2.05, 4.69) is 25.4 Å². The second-order valence-corrected chi connectivity index (χ2v) is 11.6. The first kappa shape index (κ1) is 27.4. The SMILES string of the molecule is O=P(O)(O)[C@](CO)(Cc1ncco1)OC[C@H]1O[C@@H](n2ncc3c(NC4CCCC4)nc(Cl)nc32)[C@H](O)[C@@H]1O. The molecule has 0 radical (unpaired) electrons. The highest BCUT2D eigenvalue weighted by atomic mass is 35.5. The molecular weight excluding hydrogens is 547 g/mol. The number of oxazole rings is 1. The van der Waals surface area contributed by atoms with Crippen molar-refractivity contribution in [3.63, 3.8) is 0 Å². The Kier molecular flexibility index (Phi) is 7.75. The van der Waals surface area contributed by atoms with Gasteiger partial charge in [-0.3, -0.25) is 4.57 Å². The summed E-state index contributed by atoms with van der Waals surface area (Å²) in [7, 11) is -5.09. The van der Waals surface area contributed by atoms with E-state index in [-0.39, 0.29) is 22.9 Å². The minimum atomic E-state index is -5.09. The van der Waals surface area contributed by atoms with Gasteiger partial charge in [-0.25, -0.2) is 9.67 Å². The van der Waals surface area contributed by atoms with E-state index < -0.39 is 57.1 Å². The predicted molar refractivity (Wildman–Crippen MR) is 130 cm³/mol. The molecule has 0 unspecified atom stereocenters. The summed E-state index contributed by atoms with van der Waals surface area (Å²) in [5.41, 5.74) is 0.257. The molecule has 3 aromatic rings. The first-order valence-electron chi connectivity index (χ1n) is 12.0. The number of ether oxygens (including phenoxy) is 2. The van der Waals surface area contributed by atoms with Crippen LogP contribution < -0.4 is 5.32 Å². The van der Waals surface area contributed by atoms with E-state index in [1.165, 1.54) is 23.3 Å². The summed E-state index contributed by atoms with van der Waals surface area (Å²) in [6.07, 6.45) is 2.14. The molecule has 5 atom stereocenters. The Morgan fingerprint density at radius 2 is 2.00 bits per heavy atom. The molecule has 1 aliphatic heterocycles. The molecule has 5 rings (SSSR count). The van der Waals surface area contributed by atoms with E-state index in [1.54, 1.807) is 0 Å². The maximum absolute atomic E-state index is 12.3. The zero-order chi connectivity index (χ0) is 27.1. The Bertz CT molecular complexity index is 1300. The smallest absolute Gasteiger partial charge is 0.360 e. The number of aromatic nitrogens is 5. The van der Waals surface area contributed by atoms with Crippen molar-refractivity contribution in [3.05, 3.63) is 29.8 Å². The van der Waals surface area contributed by atoms with Crippen LogP contribution in [0.25, 0.3) is 11.0 Å². The van der Waals surface area contributed by atoms with Gasteiger partial charge in [0, 0.05) is 6.04 Å². The van der Waals surface area contributed by atoms with Crippen molar-refractivity contribution in [2.45, 2.75) is 68.0 Å². The number of fused-ring (bicyclic) bond motifs is 1. The minimum Gasteiger partial charge on any atom is -0.449 e. The van der Waals surface area contributed by atoms with Crippen molar-refractivity contribution >= 4 is 36.0 Å². The van der Waals surface area contributed by atoms with Crippen LogP contribution in [-0.4, -0.2) is 92.7 Å². The number of hydrogen-bond acceptors (Lipinski definition) is 12. The lowest BCUT2D eigenvalue weighted by Gasteiger charge is -2.32. The molecule has 1 saturated heterocycles. The first-order chi connectivity index (χ1) is 18.1. The fourth-order valence-corrected chi connectivity index (χ4v) is 5.71. The molecule has 208 valence electrons. The average Bonchev–Trinajstić information content (AvgIpc) is 3.67. The summed E-state index contributed by atoms with van der Waals surface area (Å²) in [4.78, 5) is 32.2. The van der Waals surface area contributed by atoms with E-state index in [4.69, 9.17) is 25.5 Å². The van der Waals surface area contributed by atoms with Gasteiger partial charge in [0.2, 0.25) is 10.6 Å². The normalized spacial score (nSPS) is 26.3. The molecule has 0 spiro atoms. The Hall–Kier alpha value is -2.20. The van der Waals surface area contributed by atoms with Crippen LogP contribution in [0.2, 0.25) is 5.28 Å². The van der Waals surface area contributed by atoms with Crippen LogP contribution >= 0.6 is 19.2 Å². The number of rotatable bonds is 10. The third-order valence-corrected chi connectivity index (χ3v) is 8.57. The predicted octanol–water partition coefficient (Wildman–Crippen LogP) is 0.567. The number of halogens is 1. The molecule has 0 bridgehead atoms. The number of aliphatic hydroxyl groups excluding tert-OH is 3. The second-order valence-electron chi connectivity index (χ2n) is 9.40. The highest BCUT2D eigenvalue weighted by Gasteiger charge is 2.52. The lowest BCUT2D eigenvalue weighted by atomic mass is 10.1. The summed E-state index contributed by atoms with van der Waals surface area (Å²) < 4.78 is 29.9. The average molecular weight is 575 g/mol. The molecule has 15 nitrogen and oxygen atoms in total. The third-order valence-electron chi connectivity index (χ3n) is 6.91. The van der Waals surface area contributed by atoms with Gasteiger partial charge in [0.1, 0.15) is 30.4 Å². The number of nitrogens with zero attached hydrogens (tertiary/aromatic N) is 5. The van der Waals surface area contributed by atoms with Crippen LogP contribution in [0.3, 0.4) is 0 Å². The van der Waals surface area contributed by atoms with Crippen molar-refractivity contribution in [2.24, 2.45) is 0 Å². The van der Waals surface area contributed by atoms with Crippen molar-refractivity contribution in [3.8, 4) is 0 Å². The second kappa shape index (κ2) is 10.8. The molecule has 2 fully saturated rings. The number of hydrogen-bond donors (Lipinski definition) is 6. The maximum Gasteiger partial charge on any atom is 0.360 e. The molecule has 1 aliphatic carbocycles. The quantitative estimate of drug-likeness (QED) is 0.144. The zero-order valence-corrected chi connectivity index (χ0v) is 21.6. The summed E-state index contributed by atoms with van der Waals surface area (Å²) in [6.45, 7) is -1.67. The van der Waals surface area contributed by atoms with Gasteiger partial charge in [-0.1, -0.05) is 12.8 Å². The highest BCUT2D eigenvalue weighted by molar-refractivity contribution is 7.53. The Balaban J connectivity index is 1.36. The van der Waals surface area contributed by atoms with Gasteiger partial charge in [0.25, 0.3) is 0 Å². The van der Waals surface area contributed by atoms with Gasteiger partial charge < -0.3 is 44.3 Å². The molecule has 6 N–H and O–H groups in total. The van der Waals surface area contributed by atoms with Gasteiger partial charge in [0.15, 0.2) is 17.8 Å². The largest absolute Gasteiger partial charge is 0.449 e. The Labute approximate surface area is 220 Å². The van der Waals surface area contributed by atoms with Crippen LogP contribution in [0.1, 0.15) is 37.8 Å². The van der Waals surface area contributed by atoms with Gasteiger partial charge in [-0.15, -0.1) is 0 Å². The lowest BCUT2D eigenvalue weighted by Crippen LogP contribution is -2.43. The fraction of sp³-hybridized carbons (Fsp3) is 0.619. The maximum atomic E-state index is 12.3. The molecular formula is C21H28ClN6O9P. The van der Waals surface area contributed by atoms with Crippen LogP contribution in [0.15, 0.2) is 23.1 Å². The van der Waals surface area contributed by atoms with Gasteiger partial charge in [0.05, 0.1) is 37.4 Å². The first-order valence-corrected chi connectivity index (χ1v) is 14.0. The van der Waals surface area contributed by atoms with Crippen molar-refractivity contribution in [1.29, 1.82) is 0 Å². The van der Waals surface area contributed by atoms with E-state index >= 15 is 0 Å². The Morgan fingerprint density at radius 1 is 1.24 bits per heavy atom. The molecule has 3 aromatic heterocycles. The molecule has 0 aromatic carbocycles. The van der Waals surface area contributed by atoms with Crippen LogP contribution in [0.5, 0.6) is 0 Å². The summed E-state index contributed by atoms with van der Waals surface area (Å²) in [6, 6.07) is 0.237. The monoisotopic (exact) mass is 574 g/mol. The number of aliphatic hydroxyl groups is 3. The highest BCUT2D eigenvalue weighted by Crippen LogP contribution is 2.53. The minimum absolute atomic E-state index is 0.0476. The van der Waals surface area contributed by atoms with Crippen molar-refractivity contribution in [1.82, 2.24) is 24.7 Å². The molecule has 17 heteroatoms. The number of nitrogens with one attached hydrogen (secondary N) is 1. The fourth-order valence-electron chi connectivity index (χ4n) is 4.77. The molecule has 4 heterocycles. The van der Waals surface area contributed by atoms with E-state index in [1.807, 2.05) is 0 Å². The van der Waals surface area contributed by atoms with Gasteiger partial charge in [-0.2, -0.15) is 15.1 Å². The van der Waals surface area contributed by atoms with Crippen LogP contribution in [-0.2, 0) is 20.5 Å². The van der Waals surface area contributed by atoms with Gasteiger partial charge >= 0.3 is 7.60 Å². The van der Waals surface area contributed by atoms with Crippen molar-refractivity contribution in [2.75, 3.05) is 18.5 Å². The van der Waals surface area contributed by atoms with Gasteiger partial charge in [-0.05, 0) is 24.4 Å². The molecule has 38 heavy (non-hydrogen) atoms. The summed E-state index contributed by atoms with van der Waals surface area (Å²) >= 11 is 6.17. The summed E-state index contributed by atoms with van der Waals surface area (Å²) in [5, 5.41) is 37.1. The van der Waals surface area contributed by atoms with Crippen LogP contribution in [0, 0.1) is 0 Å². The van der Waals surface area contributed by atoms with E-state index in [0.717, 1.165) is 25.7 Å². The van der Waals surface area contributed by atoms with E-state index in [9.17, 15) is 29.7 Å². The Morgan fingerprint density at radius 3 is 2.66 bits per heavy atom. The van der Waals surface area contributed by atoms with E-state index in [0.29, 0.717) is 11.2 Å². The topological polar surface area (TPSA) is 218 Å². The van der Waals surface area contributed by atoms with Crippen molar-refractivity contribution < 1.29 is 43.6 Å². The summed E-state index contributed by atoms with van der Waals surface area (Å²) in [5.74, 6) is 0.418.